The molecule has 62 heavy (non-hydrogen) atoms. The summed E-state index contributed by atoms with van der Waals surface area (Å²) in [7, 11) is 0. The Morgan fingerprint density at radius 2 is 0.742 bits per heavy atom. The van der Waals surface area contributed by atoms with E-state index in [0.717, 1.165) is 38.5 Å². The summed E-state index contributed by atoms with van der Waals surface area (Å²) in [4.78, 5) is 24.4. The van der Waals surface area contributed by atoms with E-state index in [9.17, 15) is 19.8 Å². The minimum Gasteiger partial charge on any atom is -0.466 e. The Kier molecular flexibility index (Phi) is 51.0. The van der Waals surface area contributed by atoms with Gasteiger partial charge >= 0.3 is 5.97 Å². The molecule has 0 fully saturated rings. The third-order valence-corrected chi connectivity index (χ3v) is 13.1. The van der Waals surface area contributed by atoms with Crippen molar-refractivity contribution in [1.29, 1.82) is 0 Å². The first-order chi connectivity index (χ1) is 30.5. The van der Waals surface area contributed by atoms with Gasteiger partial charge in [-0.25, -0.2) is 0 Å². The molecule has 0 aromatic heterocycles. The largest absolute Gasteiger partial charge is 0.466 e. The fraction of sp³-hybridized carbons (Fsp3) is 0.929. The predicted molar refractivity (Wildman–Crippen MR) is 269 cm³/mol. The van der Waals surface area contributed by atoms with Gasteiger partial charge in [-0.3, -0.25) is 9.59 Å². The molecule has 0 radical (unpaired) electrons. The molecule has 2 unspecified atom stereocenters. The molecule has 2 atom stereocenters. The Morgan fingerprint density at radius 1 is 0.435 bits per heavy atom. The highest BCUT2D eigenvalue weighted by Gasteiger charge is 2.18. The molecular weight excluding hydrogens is 767 g/mol. The van der Waals surface area contributed by atoms with Crippen molar-refractivity contribution in [2.45, 2.75) is 321 Å². The van der Waals surface area contributed by atoms with Crippen molar-refractivity contribution < 1.29 is 24.5 Å². The van der Waals surface area contributed by atoms with Gasteiger partial charge in [-0.1, -0.05) is 276 Å². The van der Waals surface area contributed by atoms with Crippen LogP contribution in [0.1, 0.15) is 309 Å². The van der Waals surface area contributed by atoms with Gasteiger partial charge in [0.2, 0.25) is 5.91 Å². The highest BCUT2D eigenvalue weighted by atomic mass is 16.5. The predicted octanol–water partition coefficient (Wildman–Crippen LogP) is 16.9. The van der Waals surface area contributed by atoms with Gasteiger partial charge in [0.05, 0.1) is 25.4 Å². The normalized spacial score (nSPS) is 12.6. The van der Waals surface area contributed by atoms with Crippen molar-refractivity contribution >= 4 is 11.9 Å². The molecule has 0 saturated carbocycles. The van der Waals surface area contributed by atoms with E-state index in [1.165, 1.54) is 244 Å². The van der Waals surface area contributed by atoms with E-state index in [1.54, 1.807) is 6.08 Å². The summed E-state index contributed by atoms with van der Waals surface area (Å²) in [6.45, 7) is 4.90. The van der Waals surface area contributed by atoms with Crippen LogP contribution in [-0.4, -0.2) is 47.4 Å². The SMILES string of the molecule is CCCCCCCCCCC/C=C/C(O)C(CO)NC(=O)CCCCCCCCCCCCCCCCCCCCCCCCCOC(=O)CCCCCCCCCCCCC. The summed E-state index contributed by atoms with van der Waals surface area (Å²) in [5.41, 5.74) is 0. The molecule has 0 bridgehead atoms. The van der Waals surface area contributed by atoms with Crippen LogP contribution in [0.15, 0.2) is 12.2 Å². The van der Waals surface area contributed by atoms with E-state index < -0.39 is 12.1 Å². The molecule has 0 rings (SSSR count). The second-order valence-electron chi connectivity index (χ2n) is 19.3. The van der Waals surface area contributed by atoms with Crippen LogP contribution >= 0.6 is 0 Å². The van der Waals surface area contributed by atoms with E-state index in [1.807, 2.05) is 6.08 Å². The molecule has 0 aliphatic rings. The van der Waals surface area contributed by atoms with Crippen molar-refractivity contribution in [3.05, 3.63) is 12.2 Å². The maximum absolute atomic E-state index is 12.4. The number of rotatable bonds is 52. The van der Waals surface area contributed by atoms with Crippen LogP contribution in [0.4, 0.5) is 0 Å². The molecule has 6 heteroatoms. The summed E-state index contributed by atoms with van der Waals surface area (Å²) in [5.74, 6) is -0.0541. The Labute approximate surface area is 387 Å². The van der Waals surface area contributed by atoms with Crippen molar-refractivity contribution in [3.8, 4) is 0 Å². The number of amides is 1. The molecule has 0 saturated heterocycles. The lowest BCUT2D eigenvalue weighted by Gasteiger charge is -2.20. The van der Waals surface area contributed by atoms with Gasteiger partial charge in [-0.15, -0.1) is 0 Å². The van der Waals surface area contributed by atoms with Gasteiger partial charge in [0, 0.05) is 12.8 Å². The van der Waals surface area contributed by atoms with Gasteiger partial charge in [0.1, 0.15) is 0 Å². The standard InChI is InChI=1S/C56H109NO5/c1-3-5-7-9-11-13-28-32-36-40-44-48-54(59)53(52-58)57-55(60)49-45-41-37-33-30-26-24-22-20-18-16-15-17-19-21-23-25-27-31-35-39-43-47-51-62-56(61)50-46-42-38-34-29-14-12-10-8-6-4-2/h44,48,53-54,58-59H,3-43,45-47,49-52H2,1-2H3,(H,57,60)/b48-44+. The average Bonchev–Trinajstić information content (AvgIpc) is 3.27. The zero-order valence-corrected chi connectivity index (χ0v) is 41.9. The molecule has 6 nitrogen and oxygen atoms in total. The van der Waals surface area contributed by atoms with Crippen LogP contribution < -0.4 is 5.32 Å². The van der Waals surface area contributed by atoms with Crippen LogP contribution in [-0.2, 0) is 14.3 Å². The molecule has 0 spiro atoms. The van der Waals surface area contributed by atoms with Crippen molar-refractivity contribution in [2.24, 2.45) is 0 Å². The zero-order valence-electron chi connectivity index (χ0n) is 41.9. The number of unbranched alkanes of at least 4 members (excludes halogenated alkanes) is 41. The highest BCUT2D eigenvalue weighted by molar-refractivity contribution is 5.76. The molecule has 0 aliphatic carbocycles. The molecule has 0 aromatic rings. The second-order valence-corrected chi connectivity index (χ2v) is 19.3. The monoisotopic (exact) mass is 876 g/mol. The minimum atomic E-state index is -0.841. The second kappa shape index (κ2) is 52.2. The molecule has 1 amide bonds. The molecule has 3 N–H and O–H groups in total. The Hall–Kier alpha value is -1.40. The highest BCUT2D eigenvalue weighted by Crippen LogP contribution is 2.17. The number of allylic oxidation sites excluding steroid dienone is 1. The lowest BCUT2D eigenvalue weighted by Crippen LogP contribution is -2.45. The number of carbonyl (C=O) groups is 2. The van der Waals surface area contributed by atoms with Crippen molar-refractivity contribution in [2.75, 3.05) is 13.2 Å². The molecule has 0 aliphatic heterocycles. The first-order valence-corrected chi connectivity index (χ1v) is 28.0. The van der Waals surface area contributed by atoms with E-state index in [-0.39, 0.29) is 18.5 Å². The van der Waals surface area contributed by atoms with Crippen LogP contribution in [0.2, 0.25) is 0 Å². The topological polar surface area (TPSA) is 95.9 Å². The van der Waals surface area contributed by atoms with Gasteiger partial charge in [0.15, 0.2) is 0 Å². The van der Waals surface area contributed by atoms with Crippen LogP contribution in [0.5, 0.6) is 0 Å². The Morgan fingerprint density at radius 3 is 1.10 bits per heavy atom. The number of hydrogen-bond acceptors (Lipinski definition) is 5. The molecular formula is C56H109NO5. The third kappa shape index (κ3) is 48.1. The third-order valence-electron chi connectivity index (χ3n) is 13.1. The quantitative estimate of drug-likeness (QED) is 0.0321. The van der Waals surface area contributed by atoms with Crippen molar-refractivity contribution in [3.63, 3.8) is 0 Å². The van der Waals surface area contributed by atoms with Crippen LogP contribution in [0.3, 0.4) is 0 Å². The first kappa shape index (κ1) is 60.6. The van der Waals surface area contributed by atoms with E-state index in [4.69, 9.17) is 4.74 Å². The van der Waals surface area contributed by atoms with Crippen LogP contribution in [0.25, 0.3) is 0 Å². The maximum atomic E-state index is 12.4. The lowest BCUT2D eigenvalue weighted by molar-refractivity contribution is -0.143. The Balaban J connectivity index is 3.37. The number of aliphatic hydroxyl groups excluding tert-OH is 2. The first-order valence-electron chi connectivity index (χ1n) is 28.0. The maximum Gasteiger partial charge on any atom is 0.305 e. The molecule has 0 heterocycles. The summed E-state index contributed by atoms with van der Waals surface area (Å²) >= 11 is 0. The van der Waals surface area contributed by atoms with E-state index >= 15 is 0 Å². The van der Waals surface area contributed by atoms with Gasteiger partial charge < -0.3 is 20.3 Å². The summed E-state index contributed by atoms with van der Waals surface area (Å²) in [6, 6.07) is -0.625. The number of hydrogen-bond donors (Lipinski definition) is 3. The van der Waals surface area contributed by atoms with Gasteiger partial charge in [-0.05, 0) is 32.1 Å². The number of aliphatic hydroxyl groups is 2. The fourth-order valence-corrected chi connectivity index (χ4v) is 8.75. The molecule has 368 valence electrons. The number of carbonyl (C=O) groups excluding carboxylic acids is 2. The number of nitrogens with one attached hydrogen (secondary N) is 1. The summed E-state index contributed by atoms with van der Waals surface area (Å²) < 4.78 is 5.46. The number of ether oxygens (including phenoxy) is 1. The van der Waals surface area contributed by atoms with Gasteiger partial charge in [0.25, 0.3) is 0 Å². The minimum absolute atomic E-state index is 0.0136. The zero-order chi connectivity index (χ0) is 45.1. The summed E-state index contributed by atoms with van der Waals surface area (Å²) in [6.07, 6.45) is 60.9. The summed E-state index contributed by atoms with van der Waals surface area (Å²) in [5, 5.41) is 23.0. The van der Waals surface area contributed by atoms with Crippen molar-refractivity contribution in [1.82, 2.24) is 5.32 Å². The van der Waals surface area contributed by atoms with E-state index in [2.05, 4.69) is 19.2 Å². The average molecular weight is 876 g/mol. The van der Waals surface area contributed by atoms with E-state index in [0.29, 0.717) is 19.4 Å². The smallest absolute Gasteiger partial charge is 0.305 e. The number of esters is 1. The van der Waals surface area contributed by atoms with Crippen LogP contribution in [0, 0.1) is 0 Å². The lowest BCUT2D eigenvalue weighted by atomic mass is 10.0. The molecule has 0 aromatic carbocycles. The Bertz CT molecular complexity index is 924. The van der Waals surface area contributed by atoms with Gasteiger partial charge in [-0.2, -0.15) is 0 Å². The fourth-order valence-electron chi connectivity index (χ4n) is 8.75.